The van der Waals surface area contributed by atoms with E-state index >= 15 is 0 Å². The molecule has 112 valence electrons. The molecule has 1 aromatic heterocycles. The number of hydrogen-bond acceptors (Lipinski definition) is 5. The Morgan fingerprint density at radius 2 is 2.29 bits per heavy atom. The first kappa shape index (κ1) is 15.2. The maximum absolute atomic E-state index is 13.2. The third-order valence-corrected chi connectivity index (χ3v) is 3.91. The average molecular weight is 308 g/mol. The van der Waals surface area contributed by atoms with Gasteiger partial charge in [-0.15, -0.1) is 0 Å². The number of nitrogen functional groups attached to an aromatic ring is 1. The Morgan fingerprint density at radius 3 is 2.95 bits per heavy atom. The fourth-order valence-electron chi connectivity index (χ4n) is 1.84. The lowest BCUT2D eigenvalue weighted by Gasteiger charge is -2.13. The van der Waals surface area contributed by atoms with Crippen LogP contribution in [0.25, 0.3) is 0 Å². The predicted molar refractivity (Wildman–Crippen MR) is 83.0 cm³/mol. The van der Waals surface area contributed by atoms with Crippen LogP contribution in [-0.2, 0) is 0 Å². The summed E-state index contributed by atoms with van der Waals surface area (Å²) in [5.74, 6) is -0.453. The van der Waals surface area contributed by atoms with Crippen molar-refractivity contribution < 1.29 is 9.18 Å². The number of thiazole rings is 1. The minimum absolute atomic E-state index is 0.194. The topological polar surface area (TPSA) is 80.0 Å². The van der Waals surface area contributed by atoms with Crippen LogP contribution < -0.4 is 16.4 Å². The second-order valence-corrected chi connectivity index (χ2v) is 5.51. The molecule has 5 nitrogen and oxygen atoms in total. The van der Waals surface area contributed by atoms with Crippen molar-refractivity contribution >= 4 is 28.2 Å². The molecule has 0 fully saturated rings. The van der Waals surface area contributed by atoms with E-state index in [1.165, 1.54) is 23.5 Å². The van der Waals surface area contributed by atoms with Crippen LogP contribution in [0, 0.1) is 5.82 Å². The van der Waals surface area contributed by atoms with Gasteiger partial charge in [0, 0.05) is 6.54 Å². The lowest BCUT2D eigenvalue weighted by atomic mass is 10.1. The molecule has 0 bridgehead atoms. The quantitative estimate of drug-likeness (QED) is 0.793. The first-order valence-electron chi connectivity index (χ1n) is 6.57. The molecule has 2 aromatic rings. The molecule has 0 saturated carbocycles. The molecule has 1 heterocycles. The van der Waals surface area contributed by atoms with Crippen LogP contribution >= 0.6 is 11.3 Å². The Balaban J connectivity index is 2.10. The SMILES string of the molecule is CCNc1nc(N)c(C(=O)NC(C)c2cccc(F)c2)s1. The Morgan fingerprint density at radius 1 is 1.52 bits per heavy atom. The predicted octanol–water partition coefficient (Wildman–Crippen LogP) is 2.79. The summed E-state index contributed by atoms with van der Waals surface area (Å²) in [5.41, 5.74) is 6.44. The molecule has 2 rings (SSSR count). The zero-order valence-corrected chi connectivity index (χ0v) is 12.6. The average Bonchev–Trinajstić information content (AvgIpc) is 2.80. The fourth-order valence-corrected chi connectivity index (χ4v) is 2.70. The number of rotatable bonds is 5. The molecular formula is C14H17FN4OS. The second-order valence-electron chi connectivity index (χ2n) is 4.51. The maximum atomic E-state index is 13.2. The normalized spacial score (nSPS) is 12.0. The first-order chi connectivity index (χ1) is 10.0. The summed E-state index contributed by atoms with van der Waals surface area (Å²) >= 11 is 1.20. The third kappa shape index (κ3) is 3.69. The number of nitrogens with two attached hydrogens (primary N) is 1. The van der Waals surface area contributed by atoms with E-state index in [9.17, 15) is 9.18 Å². The van der Waals surface area contributed by atoms with Gasteiger partial charge in [0.15, 0.2) is 5.13 Å². The number of amides is 1. The van der Waals surface area contributed by atoms with E-state index in [4.69, 9.17) is 5.73 Å². The molecular weight excluding hydrogens is 291 g/mol. The molecule has 1 amide bonds. The number of nitrogens with zero attached hydrogens (tertiary/aromatic N) is 1. The summed E-state index contributed by atoms with van der Waals surface area (Å²) in [6, 6.07) is 5.80. The van der Waals surface area contributed by atoms with Gasteiger partial charge in [-0.2, -0.15) is 0 Å². The lowest BCUT2D eigenvalue weighted by Crippen LogP contribution is -2.26. The second kappa shape index (κ2) is 6.53. The summed E-state index contributed by atoms with van der Waals surface area (Å²) < 4.78 is 13.2. The van der Waals surface area contributed by atoms with Gasteiger partial charge in [0.25, 0.3) is 5.91 Å². The van der Waals surface area contributed by atoms with Crippen molar-refractivity contribution in [3.63, 3.8) is 0 Å². The zero-order valence-electron chi connectivity index (χ0n) is 11.8. The van der Waals surface area contributed by atoms with Gasteiger partial charge in [-0.3, -0.25) is 4.79 Å². The van der Waals surface area contributed by atoms with E-state index in [-0.39, 0.29) is 23.6 Å². The molecule has 7 heteroatoms. The smallest absolute Gasteiger partial charge is 0.265 e. The molecule has 1 atom stereocenters. The molecule has 0 aliphatic carbocycles. The number of halogens is 1. The molecule has 1 unspecified atom stereocenters. The fraction of sp³-hybridized carbons (Fsp3) is 0.286. The van der Waals surface area contributed by atoms with E-state index in [1.807, 2.05) is 6.92 Å². The molecule has 0 radical (unpaired) electrons. The molecule has 0 saturated heterocycles. The standard InChI is InChI=1S/C14H17FN4OS/c1-3-17-14-19-12(16)11(21-14)13(20)18-8(2)9-5-4-6-10(15)7-9/h4-8H,3,16H2,1-2H3,(H,17,19)(H,18,20). The zero-order chi connectivity index (χ0) is 15.4. The Hall–Kier alpha value is -2.15. The van der Waals surface area contributed by atoms with Crippen LogP contribution in [0.15, 0.2) is 24.3 Å². The number of hydrogen-bond donors (Lipinski definition) is 3. The summed E-state index contributed by atoms with van der Waals surface area (Å²) in [6.45, 7) is 4.42. The van der Waals surface area contributed by atoms with Gasteiger partial charge in [0.05, 0.1) is 6.04 Å². The molecule has 1 aromatic carbocycles. The molecule has 0 spiro atoms. The Labute approximate surface area is 126 Å². The van der Waals surface area contributed by atoms with Crippen LogP contribution in [0.3, 0.4) is 0 Å². The van der Waals surface area contributed by atoms with Gasteiger partial charge in [-0.25, -0.2) is 9.37 Å². The van der Waals surface area contributed by atoms with Crippen molar-refractivity contribution in [1.82, 2.24) is 10.3 Å². The monoisotopic (exact) mass is 308 g/mol. The van der Waals surface area contributed by atoms with Gasteiger partial charge in [0.2, 0.25) is 0 Å². The van der Waals surface area contributed by atoms with Crippen LogP contribution in [0.1, 0.15) is 35.1 Å². The highest BCUT2D eigenvalue weighted by Gasteiger charge is 2.18. The van der Waals surface area contributed by atoms with Crippen molar-refractivity contribution in [3.05, 3.63) is 40.5 Å². The first-order valence-corrected chi connectivity index (χ1v) is 7.39. The minimum Gasteiger partial charge on any atom is -0.382 e. The van der Waals surface area contributed by atoms with Gasteiger partial charge < -0.3 is 16.4 Å². The van der Waals surface area contributed by atoms with Gasteiger partial charge in [0.1, 0.15) is 16.5 Å². The van der Waals surface area contributed by atoms with Crippen molar-refractivity contribution in [2.45, 2.75) is 19.9 Å². The maximum Gasteiger partial charge on any atom is 0.265 e. The summed E-state index contributed by atoms with van der Waals surface area (Å²) in [6.07, 6.45) is 0. The largest absolute Gasteiger partial charge is 0.382 e. The molecule has 4 N–H and O–H groups in total. The van der Waals surface area contributed by atoms with Crippen molar-refractivity contribution in [1.29, 1.82) is 0 Å². The summed E-state index contributed by atoms with van der Waals surface area (Å²) in [7, 11) is 0. The molecule has 0 aliphatic rings. The highest BCUT2D eigenvalue weighted by molar-refractivity contribution is 7.18. The number of carbonyl (C=O) groups excluding carboxylic acids is 1. The highest BCUT2D eigenvalue weighted by atomic mass is 32.1. The molecule has 0 aliphatic heterocycles. The Kier molecular flexibility index (Phi) is 4.74. The van der Waals surface area contributed by atoms with E-state index in [1.54, 1.807) is 19.1 Å². The third-order valence-electron chi connectivity index (χ3n) is 2.88. The van der Waals surface area contributed by atoms with Gasteiger partial charge >= 0.3 is 0 Å². The summed E-state index contributed by atoms with van der Waals surface area (Å²) in [5, 5.41) is 6.42. The number of nitrogens with one attached hydrogen (secondary N) is 2. The van der Waals surface area contributed by atoms with Crippen LogP contribution in [-0.4, -0.2) is 17.4 Å². The molecule has 21 heavy (non-hydrogen) atoms. The van der Waals surface area contributed by atoms with Crippen molar-refractivity contribution in [2.75, 3.05) is 17.6 Å². The summed E-state index contributed by atoms with van der Waals surface area (Å²) in [4.78, 5) is 16.6. The van der Waals surface area contributed by atoms with Gasteiger partial charge in [-0.05, 0) is 31.5 Å². The van der Waals surface area contributed by atoms with Crippen LogP contribution in [0.5, 0.6) is 0 Å². The van der Waals surface area contributed by atoms with Crippen molar-refractivity contribution in [2.24, 2.45) is 0 Å². The number of carbonyl (C=O) groups is 1. The van der Waals surface area contributed by atoms with Gasteiger partial charge in [-0.1, -0.05) is 23.5 Å². The highest BCUT2D eigenvalue weighted by Crippen LogP contribution is 2.25. The minimum atomic E-state index is -0.333. The van der Waals surface area contributed by atoms with E-state index in [0.717, 1.165) is 0 Å². The van der Waals surface area contributed by atoms with E-state index in [2.05, 4.69) is 15.6 Å². The van der Waals surface area contributed by atoms with E-state index in [0.29, 0.717) is 22.1 Å². The van der Waals surface area contributed by atoms with Crippen LogP contribution in [0.4, 0.5) is 15.3 Å². The number of anilines is 2. The van der Waals surface area contributed by atoms with Crippen LogP contribution in [0.2, 0.25) is 0 Å². The number of benzene rings is 1. The van der Waals surface area contributed by atoms with E-state index < -0.39 is 0 Å². The lowest BCUT2D eigenvalue weighted by molar-refractivity contribution is 0.0944. The number of aromatic nitrogens is 1. The van der Waals surface area contributed by atoms with Crippen molar-refractivity contribution in [3.8, 4) is 0 Å². The Bertz CT molecular complexity index is 644.